The van der Waals surface area contributed by atoms with Gasteiger partial charge in [0.15, 0.2) is 0 Å². The van der Waals surface area contributed by atoms with Crippen LogP contribution in [0.5, 0.6) is 0 Å². The van der Waals surface area contributed by atoms with Crippen LogP contribution in [0.1, 0.15) is 19.8 Å². The Morgan fingerprint density at radius 1 is 1.39 bits per heavy atom. The summed E-state index contributed by atoms with van der Waals surface area (Å²) in [5.41, 5.74) is -0.0599. The third-order valence-corrected chi connectivity index (χ3v) is 3.70. The van der Waals surface area contributed by atoms with E-state index in [9.17, 15) is 18.4 Å². The lowest BCUT2D eigenvalue weighted by atomic mass is 9.98. The summed E-state index contributed by atoms with van der Waals surface area (Å²) in [6.45, 7) is 3.27. The number of benzene rings is 1. The maximum absolute atomic E-state index is 13.5. The maximum Gasteiger partial charge on any atom is 0.310 e. The highest BCUT2D eigenvalue weighted by atomic mass is 19.1. The van der Waals surface area contributed by atoms with E-state index in [4.69, 9.17) is 4.74 Å². The average molecular weight is 326 g/mol. The molecule has 1 aromatic carbocycles. The highest BCUT2D eigenvalue weighted by molar-refractivity contribution is 5.92. The number of hydrogen-bond acceptors (Lipinski definition) is 4. The quantitative estimate of drug-likeness (QED) is 0.843. The minimum atomic E-state index is -0.818. The minimum absolute atomic E-state index is 0.0483. The monoisotopic (exact) mass is 326 g/mol. The van der Waals surface area contributed by atoms with E-state index in [0.29, 0.717) is 25.8 Å². The molecule has 1 heterocycles. The van der Waals surface area contributed by atoms with E-state index in [1.165, 1.54) is 6.07 Å². The van der Waals surface area contributed by atoms with E-state index in [2.05, 4.69) is 5.32 Å². The lowest BCUT2D eigenvalue weighted by molar-refractivity contribution is -0.150. The molecular weight excluding hydrogens is 306 g/mol. The molecule has 1 N–H and O–H groups in total. The molecule has 126 valence electrons. The number of likely N-dealkylation sites (tertiary alicyclic amines) is 1. The molecule has 1 unspecified atom stereocenters. The van der Waals surface area contributed by atoms with Crippen LogP contribution in [-0.4, -0.2) is 43.0 Å². The number of ether oxygens (including phenoxy) is 1. The molecule has 0 aliphatic carbocycles. The Bertz CT molecular complexity index is 580. The first kappa shape index (κ1) is 17.3. The number of carbonyl (C=O) groups excluding carboxylic acids is 2. The lowest BCUT2D eigenvalue weighted by Crippen LogP contribution is -2.43. The van der Waals surface area contributed by atoms with Crippen LogP contribution in [0.2, 0.25) is 0 Å². The highest BCUT2D eigenvalue weighted by Gasteiger charge is 2.27. The van der Waals surface area contributed by atoms with E-state index in [0.717, 1.165) is 18.9 Å². The van der Waals surface area contributed by atoms with Crippen molar-refractivity contribution in [2.24, 2.45) is 5.92 Å². The van der Waals surface area contributed by atoms with Crippen LogP contribution < -0.4 is 5.32 Å². The lowest BCUT2D eigenvalue weighted by Gasteiger charge is -2.30. The number of halogens is 2. The highest BCUT2D eigenvalue weighted by Crippen LogP contribution is 2.19. The number of nitrogens with zero attached hydrogens (tertiary/aromatic N) is 1. The van der Waals surface area contributed by atoms with Crippen LogP contribution in [0.4, 0.5) is 14.5 Å². The van der Waals surface area contributed by atoms with Crippen molar-refractivity contribution in [3.8, 4) is 0 Å². The molecule has 0 saturated carbocycles. The summed E-state index contributed by atoms with van der Waals surface area (Å²) >= 11 is 0. The smallest absolute Gasteiger partial charge is 0.310 e. The Morgan fingerprint density at radius 3 is 2.87 bits per heavy atom. The largest absolute Gasteiger partial charge is 0.466 e. The van der Waals surface area contributed by atoms with Gasteiger partial charge < -0.3 is 10.1 Å². The zero-order valence-corrected chi connectivity index (χ0v) is 13.0. The standard InChI is InChI=1S/C16H20F2N2O3/c1-2-23-16(22)11-4-3-7-20(9-11)10-15(21)19-14-6-5-12(17)8-13(14)18/h5-6,8,11H,2-4,7,9-10H2,1H3,(H,19,21). The van der Waals surface area contributed by atoms with Gasteiger partial charge in [0.05, 0.1) is 24.8 Å². The second-order valence-corrected chi connectivity index (χ2v) is 5.50. The van der Waals surface area contributed by atoms with Crippen molar-refractivity contribution in [3.05, 3.63) is 29.8 Å². The van der Waals surface area contributed by atoms with E-state index in [-0.39, 0.29) is 24.1 Å². The second kappa shape index (κ2) is 8.01. The number of hydrogen-bond donors (Lipinski definition) is 1. The van der Waals surface area contributed by atoms with E-state index < -0.39 is 17.5 Å². The van der Waals surface area contributed by atoms with Crippen molar-refractivity contribution in [3.63, 3.8) is 0 Å². The summed E-state index contributed by atoms with van der Waals surface area (Å²) in [6, 6.07) is 2.98. The first-order valence-electron chi connectivity index (χ1n) is 7.63. The zero-order chi connectivity index (χ0) is 16.8. The summed E-state index contributed by atoms with van der Waals surface area (Å²) in [5.74, 6) is -2.41. The molecular formula is C16H20F2N2O3. The molecule has 2 rings (SSSR count). The van der Waals surface area contributed by atoms with Crippen LogP contribution in [0, 0.1) is 17.6 Å². The van der Waals surface area contributed by atoms with Crippen LogP contribution in [0.3, 0.4) is 0 Å². The Balaban J connectivity index is 1.88. The van der Waals surface area contributed by atoms with Gasteiger partial charge in [-0.05, 0) is 38.4 Å². The number of amides is 1. The summed E-state index contributed by atoms with van der Waals surface area (Å²) in [6.07, 6.45) is 1.53. The normalized spacial score (nSPS) is 18.5. The first-order valence-corrected chi connectivity index (χ1v) is 7.63. The summed E-state index contributed by atoms with van der Waals surface area (Å²) in [5, 5.41) is 2.42. The number of esters is 1. The van der Waals surface area contributed by atoms with Crippen LogP contribution >= 0.6 is 0 Å². The Labute approximate surface area is 133 Å². The van der Waals surface area contributed by atoms with Gasteiger partial charge in [-0.2, -0.15) is 0 Å². The molecule has 1 fully saturated rings. The molecule has 1 aliphatic rings. The molecule has 1 aliphatic heterocycles. The fourth-order valence-electron chi connectivity index (χ4n) is 2.64. The van der Waals surface area contributed by atoms with Crippen molar-refractivity contribution in [2.45, 2.75) is 19.8 Å². The SMILES string of the molecule is CCOC(=O)C1CCCN(CC(=O)Nc2ccc(F)cc2F)C1. The molecule has 1 amide bonds. The number of nitrogens with one attached hydrogen (secondary N) is 1. The molecule has 1 aromatic rings. The van der Waals surface area contributed by atoms with Crippen LogP contribution in [0.15, 0.2) is 18.2 Å². The van der Waals surface area contributed by atoms with Gasteiger partial charge in [-0.25, -0.2) is 8.78 Å². The molecule has 0 bridgehead atoms. The Kier molecular flexibility index (Phi) is 6.04. The third-order valence-electron chi connectivity index (χ3n) is 3.70. The van der Waals surface area contributed by atoms with E-state index >= 15 is 0 Å². The Morgan fingerprint density at radius 2 is 2.17 bits per heavy atom. The van der Waals surface area contributed by atoms with Gasteiger partial charge in [-0.1, -0.05) is 0 Å². The number of rotatable bonds is 5. The molecule has 0 spiro atoms. The number of anilines is 1. The summed E-state index contributed by atoms with van der Waals surface area (Å²) < 4.78 is 31.4. The maximum atomic E-state index is 13.5. The zero-order valence-electron chi connectivity index (χ0n) is 13.0. The van der Waals surface area contributed by atoms with Gasteiger partial charge in [-0.15, -0.1) is 0 Å². The first-order chi connectivity index (χ1) is 11.0. The van der Waals surface area contributed by atoms with Crippen molar-refractivity contribution < 1.29 is 23.1 Å². The third kappa shape index (κ3) is 4.99. The summed E-state index contributed by atoms with van der Waals surface area (Å²) in [7, 11) is 0. The summed E-state index contributed by atoms with van der Waals surface area (Å²) in [4.78, 5) is 25.6. The van der Waals surface area contributed by atoms with Crippen molar-refractivity contribution in [1.82, 2.24) is 4.90 Å². The molecule has 7 heteroatoms. The fourth-order valence-corrected chi connectivity index (χ4v) is 2.64. The predicted octanol–water partition coefficient (Wildman–Crippen LogP) is 2.18. The van der Waals surface area contributed by atoms with Gasteiger partial charge in [0, 0.05) is 12.6 Å². The molecule has 0 aromatic heterocycles. The van der Waals surface area contributed by atoms with Crippen molar-refractivity contribution >= 4 is 17.6 Å². The molecule has 1 saturated heterocycles. The minimum Gasteiger partial charge on any atom is -0.466 e. The van der Waals surface area contributed by atoms with Crippen molar-refractivity contribution in [2.75, 3.05) is 31.6 Å². The predicted molar refractivity (Wildman–Crippen MR) is 80.8 cm³/mol. The van der Waals surface area contributed by atoms with Crippen LogP contribution in [-0.2, 0) is 14.3 Å². The fraction of sp³-hybridized carbons (Fsp3) is 0.500. The van der Waals surface area contributed by atoms with Gasteiger partial charge >= 0.3 is 5.97 Å². The van der Waals surface area contributed by atoms with E-state index in [1.54, 1.807) is 6.92 Å². The Hall–Kier alpha value is -2.02. The molecule has 5 nitrogen and oxygen atoms in total. The van der Waals surface area contributed by atoms with Gasteiger partial charge in [0.2, 0.25) is 5.91 Å². The number of piperidine rings is 1. The van der Waals surface area contributed by atoms with Gasteiger partial charge in [0.25, 0.3) is 0 Å². The van der Waals surface area contributed by atoms with Gasteiger partial charge in [-0.3, -0.25) is 14.5 Å². The van der Waals surface area contributed by atoms with Crippen LogP contribution in [0.25, 0.3) is 0 Å². The molecule has 1 atom stereocenters. The second-order valence-electron chi connectivity index (χ2n) is 5.50. The molecule has 0 radical (unpaired) electrons. The van der Waals surface area contributed by atoms with E-state index in [1.807, 2.05) is 4.90 Å². The topological polar surface area (TPSA) is 58.6 Å². The van der Waals surface area contributed by atoms with Crippen molar-refractivity contribution in [1.29, 1.82) is 0 Å². The molecule has 23 heavy (non-hydrogen) atoms. The number of carbonyl (C=O) groups is 2. The average Bonchev–Trinajstić information content (AvgIpc) is 2.50. The van der Waals surface area contributed by atoms with Gasteiger partial charge in [0.1, 0.15) is 11.6 Å².